The Morgan fingerprint density at radius 2 is 1.88 bits per heavy atom. The average Bonchev–Trinajstić information content (AvgIpc) is 3.19. The number of amides is 2. The fourth-order valence-electron chi connectivity index (χ4n) is 3.30. The predicted octanol–water partition coefficient (Wildman–Crippen LogP) is 3.70. The van der Waals surface area contributed by atoms with Crippen molar-refractivity contribution in [2.24, 2.45) is 7.05 Å². The molecule has 2 aromatic heterocycles. The number of thiophene rings is 1. The van der Waals surface area contributed by atoms with Gasteiger partial charge in [0.1, 0.15) is 5.75 Å². The standard InChI is InChI=1S/C23H25N3O5S/c1-13-6-4-5-7-15(13)11-16-8-9-19(32-16)17(12-20(28)29)24-23(31)25-21-18(27)10-14(2)26(3)22(21)30/h4-10,17,27H,11-12H2,1-3H3,(H,28,29)(H2,24,25,31)/t17-/m0/s1. The molecule has 0 unspecified atom stereocenters. The molecule has 1 aromatic carbocycles. The van der Waals surface area contributed by atoms with E-state index >= 15 is 0 Å². The van der Waals surface area contributed by atoms with Crippen molar-refractivity contribution >= 4 is 29.0 Å². The van der Waals surface area contributed by atoms with Crippen LogP contribution in [0, 0.1) is 13.8 Å². The van der Waals surface area contributed by atoms with Crippen molar-refractivity contribution in [3.8, 4) is 5.75 Å². The summed E-state index contributed by atoms with van der Waals surface area (Å²) in [6.45, 7) is 3.69. The SMILES string of the molecule is Cc1ccccc1Cc1ccc([C@H](CC(=O)O)NC(=O)Nc2c(O)cc(C)n(C)c2=O)s1. The molecule has 0 radical (unpaired) electrons. The maximum Gasteiger partial charge on any atom is 0.320 e. The minimum atomic E-state index is -1.07. The Hall–Kier alpha value is -3.59. The highest BCUT2D eigenvalue weighted by atomic mass is 32.1. The van der Waals surface area contributed by atoms with Crippen molar-refractivity contribution < 1.29 is 19.8 Å². The third-order valence-electron chi connectivity index (χ3n) is 5.22. The van der Waals surface area contributed by atoms with Crippen LogP contribution in [-0.4, -0.2) is 26.8 Å². The Morgan fingerprint density at radius 1 is 1.16 bits per heavy atom. The van der Waals surface area contributed by atoms with Gasteiger partial charge in [-0.3, -0.25) is 9.59 Å². The highest BCUT2D eigenvalue weighted by Gasteiger charge is 2.22. The van der Waals surface area contributed by atoms with Crippen molar-refractivity contribution in [3.63, 3.8) is 0 Å². The van der Waals surface area contributed by atoms with Crippen LogP contribution in [0.2, 0.25) is 0 Å². The first-order valence-electron chi connectivity index (χ1n) is 9.97. The van der Waals surface area contributed by atoms with E-state index in [0.717, 1.165) is 4.88 Å². The van der Waals surface area contributed by atoms with Crippen LogP contribution in [0.15, 0.2) is 47.3 Å². The van der Waals surface area contributed by atoms with Gasteiger partial charge in [-0.1, -0.05) is 24.3 Å². The summed E-state index contributed by atoms with van der Waals surface area (Å²) in [6.07, 6.45) is 0.381. The number of hydrogen-bond donors (Lipinski definition) is 4. The second-order valence-corrected chi connectivity index (χ2v) is 8.77. The van der Waals surface area contributed by atoms with Crippen molar-refractivity contribution in [3.05, 3.63) is 79.4 Å². The molecule has 2 heterocycles. The number of carbonyl (C=O) groups excluding carboxylic acids is 1. The van der Waals surface area contributed by atoms with Gasteiger partial charge in [0, 0.05) is 35.0 Å². The number of hydrogen-bond acceptors (Lipinski definition) is 5. The highest BCUT2D eigenvalue weighted by Crippen LogP contribution is 2.28. The number of aryl methyl sites for hydroxylation is 2. The van der Waals surface area contributed by atoms with E-state index in [9.17, 15) is 24.6 Å². The molecule has 0 aliphatic carbocycles. The van der Waals surface area contributed by atoms with Crippen LogP contribution in [-0.2, 0) is 18.3 Å². The van der Waals surface area contributed by atoms with Crippen molar-refractivity contribution in [1.29, 1.82) is 0 Å². The van der Waals surface area contributed by atoms with E-state index in [-0.39, 0.29) is 17.9 Å². The van der Waals surface area contributed by atoms with E-state index in [2.05, 4.69) is 10.6 Å². The number of benzene rings is 1. The molecule has 3 rings (SSSR count). The zero-order chi connectivity index (χ0) is 23.4. The summed E-state index contributed by atoms with van der Waals surface area (Å²) < 4.78 is 1.29. The van der Waals surface area contributed by atoms with Gasteiger partial charge in [0.05, 0.1) is 12.5 Å². The molecule has 1 atom stereocenters. The fourth-order valence-corrected chi connectivity index (χ4v) is 4.39. The maximum atomic E-state index is 12.6. The number of pyridine rings is 1. The number of aromatic hydroxyl groups is 1. The number of rotatable bonds is 7. The molecule has 0 spiro atoms. The number of nitrogens with zero attached hydrogens (tertiary/aromatic N) is 1. The van der Waals surface area contributed by atoms with Gasteiger partial charge in [-0.05, 0) is 37.1 Å². The molecule has 2 amide bonds. The summed E-state index contributed by atoms with van der Waals surface area (Å²) in [5.74, 6) is -1.43. The Balaban J connectivity index is 1.78. The second-order valence-electron chi connectivity index (χ2n) is 7.57. The molecule has 0 aliphatic rings. The lowest BCUT2D eigenvalue weighted by Crippen LogP contribution is -2.35. The van der Waals surface area contributed by atoms with Crippen molar-refractivity contribution in [2.75, 3.05) is 5.32 Å². The average molecular weight is 456 g/mol. The third kappa shape index (κ3) is 5.36. The summed E-state index contributed by atoms with van der Waals surface area (Å²) in [6, 6.07) is 11.5. The second kappa shape index (κ2) is 9.69. The molecule has 0 aliphatic heterocycles. The third-order valence-corrected chi connectivity index (χ3v) is 6.42. The molecular formula is C23H25N3O5S. The summed E-state index contributed by atoms with van der Waals surface area (Å²) >= 11 is 1.42. The van der Waals surface area contributed by atoms with Crippen molar-refractivity contribution in [1.82, 2.24) is 9.88 Å². The lowest BCUT2D eigenvalue weighted by Gasteiger charge is -2.17. The van der Waals surface area contributed by atoms with Crippen LogP contribution >= 0.6 is 11.3 Å². The van der Waals surface area contributed by atoms with Crippen LogP contribution in [0.5, 0.6) is 5.75 Å². The van der Waals surface area contributed by atoms with E-state index in [1.54, 1.807) is 13.0 Å². The number of urea groups is 1. The lowest BCUT2D eigenvalue weighted by atomic mass is 10.1. The van der Waals surface area contributed by atoms with Crippen LogP contribution in [0.1, 0.15) is 39.0 Å². The minimum absolute atomic E-state index is 0.268. The van der Waals surface area contributed by atoms with Crippen LogP contribution in [0.3, 0.4) is 0 Å². The molecule has 0 saturated carbocycles. The largest absolute Gasteiger partial charge is 0.505 e. The smallest absolute Gasteiger partial charge is 0.320 e. The Kier molecular flexibility index (Phi) is 6.99. The number of nitrogens with one attached hydrogen (secondary N) is 2. The Labute approximate surface area is 189 Å². The van der Waals surface area contributed by atoms with Crippen LogP contribution < -0.4 is 16.2 Å². The first kappa shape index (κ1) is 23.1. The molecule has 168 valence electrons. The zero-order valence-electron chi connectivity index (χ0n) is 18.0. The maximum absolute atomic E-state index is 12.6. The van der Waals surface area contributed by atoms with E-state index in [1.165, 1.54) is 40.1 Å². The Bertz CT molecular complexity index is 1210. The number of aromatic nitrogens is 1. The van der Waals surface area contributed by atoms with E-state index < -0.39 is 23.6 Å². The first-order chi connectivity index (χ1) is 15.2. The summed E-state index contributed by atoms with van der Waals surface area (Å²) in [5, 5.41) is 24.3. The molecule has 3 aromatic rings. The molecule has 32 heavy (non-hydrogen) atoms. The van der Waals surface area contributed by atoms with E-state index in [4.69, 9.17) is 0 Å². The van der Waals surface area contributed by atoms with Gasteiger partial charge < -0.3 is 25.4 Å². The number of aliphatic carboxylic acids is 1. The fraction of sp³-hybridized carbons (Fsp3) is 0.261. The minimum Gasteiger partial charge on any atom is -0.505 e. The van der Waals surface area contributed by atoms with Crippen molar-refractivity contribution in [2.45, 2.75) is 32.7 Å². The van der Waals surface area contributed by atoms with E-state index in [0.29, 0.717) is 17.0 Å². The number of carbonyl (C=O) groups is 2. The van der Waals surface area contributed by atoms with Gasteiger partial charge in [-0.15, -0.1) is 11.3 Å². The van der Waals surface area contributed by atoms with Gasteiger partial charge in [0.2, 0.25) is 0 Å². The van der Waals surface area contributed by atoms with Gasteiger partial charge in [-0.2, -0.15) is 0 Å². The quantitative estimate of drug-likeness (QED) is 0.433. The topological polar surface area (TPSA) is 121 Å². The molecule has 8 nitrogen and oxygen atoms in total. The van der Waals surface area contributed by atoms with Crippen LogP contribution in [0.25, 0.3) is 0 Å². The number of carboxylic acid groups (broad SMARTS) is 1. The summed E-state index contributed by atoms with van der Waals surface area (Å²) in [4.78, 5) is 38.0. The summed E-state index contributed by atoms with van der Waals surface area (Å²) in [7, 11) is 1.52. The molecule has 4 N–H and O–H groups in total. The molecular weight excluding hydrogens is 430 g/mol. The highest BCUT2D eigenvalue weighted by molar-refractivity contribution is 7.12. The molecule has 9 heteroatoms. The predicted molar refractivity (Wildman–Crippen MR) is 124 cm³/mol. The molecule has 0 saturated heterocycles. The van der Waals surface area contributed by atoms with E-state index in [1.807, 2.05) is 37.3 Å². The van der Waals surface area contributed by atoms with Crippen LogP contribution in [0.4, 0.5) is 10.5 Å². The first-order valence-corrected chi connectivity index (χ1v) is 10.8. The number of anilines is 1. The monoisotopic (exact) mass is 455 g/mol. The normalized spacial score (nSPS) is 11.7. The molecule has 0 fully saturated rings. The molecule has 0 bridgehead atoms. The summed E-state index contributed by atoms with van der Waals surface area (Å²) in [5.41, 5.74) is 2.04. The van der Waals surface area contributed by atoms with Gasteiger partial charge in [0.15, 0.2) is 5.69 Å². The van der Waals surface area contributed by atoms with Gasteiger partial charge in [0.25, 0.3) is 5.56 Å². The number of carboxylic acids is 1. The Morgan fingerprint density at radius 3 is 2.56 bits per heavy atom. The zero-order valence-corrected chi connectivity index (χ0v) is 18.8. The lowest BCUT2D eigenvalue weighted by molar-refractivity contribution is -0.137. The van der Waals surface area contributed by atoms with Gasteiger partial charge in [-0.25, -0.2) is 4.79 Å². The van der Waals surface area contributed by atoms with Gasteiger partial charge >= 0.3 is 12.0 Å².